The van der Waals surface area contributed by atoms with E-state index in [-0.39, 0.29) is 33.5 Å². The second-order valence-electron chi connectivity index (χ2n) is 9.76. The maximum atomic E-state index is 11.1. The van der Waals surface area contributed by atoms with Gasteiger partial charge in [-0.05, 0) is 72.5 Å². The van der Waals surface area contributed by atoms with Crippen molar-refractivity contribution in [3.63, 3.8) is 0 Å². The molecule has 0 radical (unpaired) electrons. The lowest BCUT2D eigenvalue weighted by atomic mass is 9.91. The van der Waals surface area contributed by atoms with Crippen molar-refractivity contribution in [1.82, 2.24) is 10.6 Å². The van der Waals surface area contributed by atoms with Gasteiger partial charge in [-0.15, -0.1) is 0 Å². The number of rotatable bonds is 9. The second kappa shape index (κ2) is 13.0. The van der Waals surface area contributed by atoms with Gasteiger partial charge in [0.05, 0.1) is 48.3 Å². The summed E-state index contributed by atoms with van der Waals surface area (Å²) in [6.07, 6.45) is 0.699. The Kier molecular flexibility index (Phi) is 8.96. The zero-order valence-corrected chi connectivity index (χ0v) is 25.1. The Hall–Kier alpha value is -5.15. The molecule has 5 rings (SSSR count). The number of anilines is 1. The van der Waals surface area contributed by atoms with Gasteiger partial charge in [-0.2, -0.15) is 5.10 Å². The largest absolute Gasteiger partial charge is 0.504 e. The highest BCUT2D eigenvalue weighted by Gasteiger charge is 2.32. The third-order valence-electron chi connectivity index (χ3n) is 6.99. The molecule has 5 N–H and O–H groups in total. The number of phenolic OH excluding ortho intramolecular Hbond substituents is 2. The van der Waals surface area contributed by atoms with Crippen LogP contribution in [0.4, 0.5) is 11.4 Å². The molecule has 0 spiro atoms. The normalized spacial score (nSPS) is 18.4. The smallest absolute Gasteiger partial charge is 0.269 e. The van der Waals surface area contributed by atoms with Crippen molar-refractivity contribution >= 4 is 63.2 Å². The Labute approximate surface area is 262 Å². The highest BCUT2D eigenvalue weighted by Crippen LogP contribution is 2.32. The maximum absolute atomic E-state index is 11.1. The van der Waals surface area contributed by atoms with Gasteiger partial charge in [0.15, 0.2) is 33.2 Å². The highest BCUT2D eigenvalue weighted by atomic mass is 32.1. The van der Waals surface area contributed by atoms with E-state index in [1.54, 1.807) is 42.5 Å². The molecule has 2 aliphatic heterocycles. The molecule has 226 valence electrons. The molecule has 3 aromatic rings. The van der Waals surface area contributed by atoms with Crippen molar-refractivity contribution in [2.75, 3.05) is 19.6 Å². The summed E-state index contributed by atoms with van der Waals surface area (Å²) in [5, 5.41) is 42.9. The fourth-order valence-electron chi connectivity index (χ4n) is 4.79. The number of nitro benzene ring substituents is 1. The number of hydrogen-bond donors (Lipinski definition) is 5. The van der Waals surface area contributed by atoms with Crippen molar-refractivity contribution in [2.24, 2.45) is 15.1 Å². The summed E-state index contributed by atoms with van der Waals surface area (Å²) in [5.41, 5.74) is 6.65. The summed E-state index contributed by atoms with van der Waals surface area (Å²) in [6.45, 7) is 0. The van der Waals surface area contributed by atoms with Gasteiger partial charge in [-0.25, -0.2) is 9.98 Å². The molecule has 15 heteroatoms. The van der Waals surface area contributed by atoms with Crippen LogP contribution in [0.1, 0.15) is 30.0 Å². The number of benzene rings is 3. The van der Waals surface area contributed by atoms with Gasteiger partial charge in [0.1, 0.15) is 5.71 Å². The van der Waals surface area contributed by atoms with Crippen LogP contribution in [0.15, 0.2) is 75.7 Å². The first kappa shape index (κ1) is 30.3. The number of hydrogen-bond acceptors (Lipinski definition) is 10. The van der Waals surface area contributed by atoms with Crippen LogP contribution in [0.25, 0.3) is 0 Å². The summed E-state index contributed by atoms with van der Waals surface area (Å²) in [5.74, 6) is 0.613. The topological polar surface area (TPSA) is 175 Å². The molecule has 0 saturated carbocycles. The van der Waals surface area contributed by atoms with E-state index in [2.05, 4.69) is 26.0 Å². The molecule has 3 aromatic carbocycles. The summed E-state index contributed by atoms with van der Waals surface area (Å²) in [6, 6.07) is 15.0. The van der Waals surface area contributed by atoms with Crippen LogP contribution in [0.2, 0.25) is 0 Å². The van der Waals surface area contributed by atoms with Gasteiger partial charge < -0.3 is 30.3 Å². The Morgan fingerprint density at radius 2 is 1.61 bits per heavy atom. The SMILES string of the molecule is COc1cc(C2=NC(=S)NC(/C(=N/Nc3ccc([N+](=O)[O-])cc3)C3=NC(=S)NC(c4ccc(O)c(OC)c4)C3)C2)ccc1O. The summed E-state index contributed by atoms with van der Waals surface area (Å²) < 4.78 is 10.6. The molecule has 44 heavy (non-hydrogen) atoms. The van der Waals surface area contributed by atoms with E-state index in [0.29, 0.717) is 52.7 Å². The van der Waals surface area contributed by atoms with E-state index in [1.807, 2.05) is 0 Å². The number of nitrogens with one attached hydrogen (secondary N) is 3. The van der Waals surface area contributed by atoms with Crippen LogP contribution < -0.4 is 25.5 Å². The van der Waals surface area contributed by atoms with Crippen LogP contribution in [-0.2, 0) is 0 Å². The molecule has 0 fully saturated rings. The first-order chi connectivity index (χ1) is 21.1. The number of thiocarbonyl (C=S) groups is 2. The molecular weight excluding hydrogens is 606 g/mol. The molecule has 0 aliphatic carbocycles. The van der Waals surface area contributed by atoms with Crippen molar-refractivity contribution in [3.05, 3.63) is 81.9 Å². The second-order valence-corrected chi connectivity index (χ2v) is 10.5. The van der Waals surface area contributed by atoms with E-state index in [0.717, 1.165) is 5.56 Å². The van der Waals surface area contributed by atoms with E-state index in [1.165, 1.54) is 32.4 Å². The average Bonchev–Trinajstić information content (AvgIpc) is 3.01. The van der Waals surface area contributed by atoms with Crippen LogP contribution in [0.5, 0.6) is 23.0 Å². The molecule has 0 aromatic heterocycles. The van der Waals surface area contributed by atoms with Gasteiger partial charge in [0.25, 0.3) is 5.69 Å². The van der Waals surface area contributed by atoms with Crippen molar-refractivity contribution in [1.29, 1.82) is 0 Å². The van der Waals surface area contributed by atoms with Crippen LogP contribution in [0, 0.1) is 10.1 Å². The van der Waals surface area contributed by atoms with Gasteiger partial charge in [0, 0.05) is 30.5 Å². The highest BCUT2D eigenvalue weighted by molar-refractivity contribution is 7.80. The molecule has 0 amide bonds. The summed E-state index contributed by atoms with van der Waals surface area (Å²) in [7, 11) is 2.93. The molecule has 0 saturated heterocycles. The minimum atomic E-state index is -0.505. The fraction of sp³-hybridized carbons (Fsp3) is 0.207. The third-order valence-corrected chi connectivity index (χ3v) is 7.41. The molecule has 13 nitrogen and oxygen atoms in total. The fourth-order valence-corrected chi connectivity index (χ4v) is 5.30. The van der Waals surface area contributed by atoms with Crippen LogP contribution >= 0.6 is 24.4 Å². The monoisotopic (exact) mass is 633 g/mol. The van der Waals surface area contributed by atoms with E-state index < -0.39 is 11.0 Å². The van der Waals surface area contributed by atoms with Crippen molar-refractivity contribution in [3.8, 4) is 23.0 Å². The van der Waals surface area contributed by atoms with E-state index in [9.17, 15) is 20.3 Å². The standard InChI is InChI=1S/C29H27N7O6S2/c1-41-25-11-15(3-9-23(25)37)19-13-21(32-28(43)30-19)27(35-34-17-5-7-18(8-6-17)36(39)40)22-14-20(31-29(44)33-22)16-4-10-24(38)26(12-16)42-2/h3-12,19,22,34,37-38H,13-14H2,1-2H3,(H,30,43)(H,33,44)/b35-27+. The maximum Gasteiger partial charge on any atom is 0.269 e. The molecular formula is C29H27N7O6S2. The molecule has 0 bridgehead atoms. The number of aliphatic imine (C=N–C) groups is 2. The Bertz CT molecular complexity index is 1730. The van der Waals surface area contributed by atoms with Crippen molar-refractivity contribution in [2.45, 2.75) is 24.9 Å². The van der Waals surface area contributed by atoms with Gasteiger partial charge in [0.2, 0.25) is 0 Å². The summed E-state index contributed by atoms with van der Waals surface area (Å²) in [4.78, 5) is 19.8. The molecule has 2 aliphatic rings. The van der Waals surface area contributed by atoms with Crippen molar-refractivity contribution < 1.29 is 24.6 Å². The van der Waals surface area contributed by atoms with Crippen LogP contribution in [0.3, 0.4) is 0 Å². The zero-order valence-electron chi connectivity index (χ0n) is 23.5. The minimum Gasteiger partial charge on any atom is -0.504 e. The lowest BCUT2D eigenvalue weighted by molar-refractivity contribution is -0.384. The molecule has 2 atom stereocenters. The Morgan fingerprint density at radius 3 is 2.30 bits per heavy atom. The lowest BCUT2D eigenvalue weighted by Crippen LogP contribution is -2.49. The van der Waals surface area contributed by atoms with Gasteiger partial charge >= 0.3 is 0 Å². The predicted molar refractivity (Wildman–Crippen MR) is 175 cm³/mol. The number of methoxy groups -OCH3 is 2. The van der Waals surface area contributed by atoms with Gasteiger partial charge in [-0.1, -0.05) is 6.07 Å². The molecule has 2 heterocycles. The number of nitro groups is 1. The minimum absolute atomic E-state index is 0.00561. The summed E-state index contributed by atoms with van der Waals surface area (Å²) >= 11 is 11.0. The van der Waals surface area contributed by atoms with E-state index >= 15 is 0 Å². The molecule has 2 unspecified atom stereocenters. The number of aromatic hydroxyl groups is 2. The number of non-ortho nitro benzene ring substituents is 1. The lowest BCUT2D eigenvalue weighted by Gasteiger charge is -2.30. The number of hydrazone groups is 1. The number of ether oxygens (including phenoxy) is 2. The third kappa shape index (κ3) is 6.74. The van der Waals surface area contributed by atoms with Crippen LogP contribution in [-0.4, -0.2) is 62.8 Å². The number of nitrogens with zero attached hydrogens (tertiary/aromatic N) is 4. The average molecular weight is 634 g/mol. The number of phenols is 2. The first-order valence-electron chi connectivity index (χ1n) is 13.2. The Morgan fingerprint density at radius 1 is 0.955 bits per heavy atom. The Balaban J connectivity index is 1.51. The zero-order chi connectivity index (χ0) is 31.4. The van der Waals surface area contributed by atoms with E-state index in [4.69, 9.17) is 39.0 Å². The predicted octanol–water partition coefficient (Wildman–Crippen LogP) is 4.39. The van der Waals surface area contributed by atoms with Gasteiger partial charge in [-0.3, -0.25) is 15.5 Å². The first-order valence-corrected chi connectivity index (χ1v) is 14.1. The quantitative estimate of drug-likeness (QED) is 0.0978.